The van der Waals surface area contributed by atoms with Crippen molar-refractivity contribution in [3.63, 3.8) is 0 Å². The normalized spacial score (nSPS) is 31.9. The quantitative estimate of drug-likeness (QED) is 0.685. The summed E-state index contributed by atoms with van der Waals surface area (Å²) < 4.78 is 10.9. The molecule has 0 unspecified atom stereocenters. The third-order valence-electron chi connectivity index (χ3n) is 4.78. The maximum atomic E-state index is 11.6. The molecule has 3 nitrogen and oxygen atoms in total. The van der Waals surface area contributed by atoms with E-state index in [0.29, 0.717) is 0 Å². The van der Waals surface area contributed by atoms with Crippen molar-refractivity contribution in [2.45, 2.75) is 24.0 Å². The molecule has 0 aromatic heterocycles. The van der Waals surface area contributed by atoms with Crippen LogP contribution in [-0.2, 0) is 9.47 Å². The fraction of sp³-hybridized carbons (Fsp3) is 0.235. The highest BCUT2D eigenvalue weighted by Gasteiger charge is 2.56. The summed E-state index contributed by atoms with van der Waals surface area (Å²) in [5, 5.41) is 0. The molecule has 2 aromatic carbocycles. The van der Waals surface area contributed by atoms with Gasteiger partial charge in [0.1, 0.15) is 0 Å². The lowest BCUT2D eigenvalue weighted by Crippen LogP contribution is -2.45. The lowest BCUT2D eigenvalue weighted by molar-refractivity contribution is 0.103. The number of ether oxygens (including phenoxy) is 2. The number of rotatable bonds is 0. The molecular weight excluding hydrogens is 252 g/mol. The zero-order valence-corrected chi connectivity index (χ0v) is 10.7. The van der Waals surface area contributed by atoms with Crippen LogP contribution in [0.5, 0.6) is 0 Å². The van der Waals surface area contributed by atoms with E-state index >= 15 is 0 Å². The second-order valence-electron chi connectivity index (χ2n) is 5.63. The summed E-state index contributed by atoms with van der Waals surface area (Å²) in [5.74, 6) is 0.202. The van der Waals surface area contributed by atoms with E-state index in [0.717, 1.165) is 0 Å². The number of benzene rings is 2. The Morgan fingerprint density at radius 3 is 1.35 bits per heavy atom. The molecule has 4 aliphatic rings. The third-order valence-corrected chi connectivity index (χ3v) is 4.78. The second kappa shape index (κ2) is 3.42. The number of hydrogen-bond acceptors (Lipinski definition) is 3. The summed E-state index contributed by atoms with van der Waals surface area (Å²) in [5.41, 5.74) is 5.10. The molecule has 0 amide bonds. The van der Waals surface area contributed by atoms with E-state index in [1.165, 1.54) is 22.3 Å². The van der Waals surface area contributed by atoms with Crippen molar-refractivity contribution in [1.29, 1.82) is 0 Å². The van der Waals surface area contributed by atoms with Crippen molar-refractivity contribution in [3.05, 3.63) is 70.8 Å². The smallest absolute Gasteiger partial charge is 0.426 e. The molecule has 2 bridgehead atoms. The van der Waals surface area contributed by atoms with Gasteiger partial charge in [0.15, 0.2) is 12.2 Å². The summed E-state index contributed by atoms with van der Waals surface area (Å²) in [7, 11) is 0. The van der Waals surface area contributed by atoms with Gasteiger partial charge in [-0.15, -0.1) is 0 Å². The largest absolute Gasteiger partial charge is 0.509 e. The summed E-state index contributed by atoms with van der Waals surface area (Å²) in [6, 6.07) is 16.8. The number of carbonyl (C=O) groups excluding carboxylic acids is 1. The van der Waals surface area contributed by atoms with Gasteiger partial charge in [0.05, 0.1) is 11.8 Å². The maximum Gasteiger partial charge on any atom is 0.509 e. The molecule has 0 radical (unpaired) electrons. The van der Waals surface area contributed by atoms with Gasteiger partial charge in [-0.05, 0) is 22.3 Å². The van der Waals surface area contributed by atoms with Crippen LogP contribution in [-0.4, -0.2) is 18.4 Å². The van der Waals surface area contributed by atoms with E-state index in [4.69, 9.17) is 9.47 Å². The molecule has 3 aliphatic carbocycles. The van der Waals surface area contributed by atoms with Crippen molar-refractivity contribution >= 4 is 6.16 Å². The van der Waals surface area contributed by atoms with Gasteiger partial charge in [-0.3, -0.25) is 0 Å². The molecule has 1 fully saturated rings. The molecule has 2 atom stereocenters. The minimum atomic E-state index is -0.532. The zero-order valence-electron chi connectivity index (χ0n) is 10.7. The van der Waals surface area contributed by atoms with E-state index < -0.39 is 6.16 Å². The lowest BCUT2D eigenvalue weighted by atomic mass is 9.61. The van der Waals surface area contributed by atoms with Crippen LogP contribution in [0.25, 0.3) is 0 Å². The lowest BCUT2D eigenvalue weighted by Gasteiger charge is -2.44. The Balaban J connectivity index is 1.83. The Hall–Kier alpha value is -2.29. The first kappa shape index (κ1) is 10.5. The Labute approximate surface area is 116 Å². The summed E-state index contributed by atoms with van der Waals surface area (Å²) in [6.45, 7) is 0. The molecule has 2 aromatic rings. The van der Waals surface area contributed by atoms with E-state index in [-0.39, 0.29) is 24.0 Å². The predicted octanol–water partition coefficient (Wildman–Crippen LogP) is 3.18. The second-order valence-corrected chi connectivity index (χ2v) is 5.63. The topological polar surface area (TPSA) is 35.5 Å². The third kappa shape index (κ3) is 1.10. The Kier molecular flexibility index (Phi) is 1.80. The summed E-state index contributed by atoms with van der Waals surface area (Å²) in [4.78, 5) is 11.6. The molecule has 20 heavy (non-hydrogen) atoms. The van der Waals surface area contributed by atoms with Gasteiger partial charge < -0.3 is 9.47 Å². The van der Waals surface area contributed by atoms with Crippen LogP contribution in [0.4, 0.5) is 4.79 Å². The van der Waals surface area contributed by atoms with Gasteiger partial charge in [0, 0.05) is 0 Å². The number of hydrogen-bond donors (Lipinski definition) is 0. The first-order valence-electron chi connectivity index (χ1n) is 6.89. The van der Waals surface area contributed by atoms with E-state index in [2.05, 4.69) is 48.5 Å². The van der Waals surface area contributed by atoms with Gasteiger partial charge in [0.25, 0.3) is 0 Å². The highest BCUT2D eigenvalue weighted by atomic mass is 16.8. The average molecular weight is 264 g/mol. The minimum Gasteiger partial charge on any atom is -0.426 e. The van der Waals surface area contributed by atoms with E-state index in [1.807, 2.05) is 0 Å². The van der Waals surface area contributed by atoms with Crippen LogP contribution >= 0.6 is 0 Å². The Bertz CT molecular complexity index is 629. The molecule has 0 saturated carbocycles. The van der Waals surface area contributed by atoms with Crippen molar-refractivity contribution < 1.29 is 14.3 Å². The first-order chi connectivity index (χ1) is 9.84. The maximum absolute atomic E-state index is 11.6. The Morgan fingerprint density at radius 1 is 0.650 bits per heavy atom. The average Bonchev–Trinajstić information content (AvgIpc) is 2.88. The Morgan fingerprint density at radius 2 is 1.00 bits per heavy atom. The van der Waals surface area contributed by atoms with Crippen molar-refractivity contribution in [2.75, 3.05) is 0 Å². The van der Waals surface area contributed by atoms with Crippen LogP contribution in [0.15, 0.2) is 48.5 Å². The standard InChI is InChI=1S/C17H12O3/c18-17-19-15-13-9-5-1-2-6-10(9)14(16(15)20-17)12-8-4-3-7-11(12)13/h1-8,13-16H/t13?,14?,15-,16+. The highest BCUT2D eigenvalue weighted by Crippen LogP contribution is 2.56. The van der Waals surface area contributed by atoms with Gasteiger partial charge in [0.2, 0.25) is 0 Å². The number of carbonyl (C=O) groups is 1. The molecule has 0 spiro atoms. The van der Waals surface area contributed by atoms with E-state index in [9.17, 15) is 4.79 Å². The molecule has 98 valence electrons. The van der Waals surface area contributed by atoms with Crippen molar-refractivity contribution in [3.8, 4) is 0 Å². The molecular formula is C17H12O3. The molecule has 3 heteroatoms. The van der Waals surface area contributed by atoms with E-state index in [1.54, 1.807) is 0 Å². The van der Waals surface area contributed by atoms with Gasteiger partial charge >= 0.3 is 6.16 Å². The zero-order chi connectivity index (χ0) is 13.3. The molecule has 6 rings (SSSR count). The van der Waals surface area contributed by atoms with Crippen LogP contribution in [0.2, 0.25) is 0 Å². The van der Waals surface area contributed by atoms with Crippen molar-refractivity contribution in [2.24, 2.45) is 0 Å². The molecule has 1 saturated heterocycles. The first-order valence-corrected chi connectivity index (χ1v) is 6.89. The fourth-order valence-electron chi connectivity index (χ4n) is 4.10. The summed E-state index contributed by atoms with van der Waals surface area (Å²) in [6.07, 6.45) is -0.898. The fourth-order valence-corrected chi connectivity index (χ4v) is 4.10. The molecule has 1 aliphatic heterocycles. The van der Waals surface area contributed by atoms with Crippen LogP contribution in [0.3, 0.4) is 0 Å². The van der Waals surface area contributed by atoms with Gasteiger partial charge in [-0.2, -0.15) is 0 Å². The van der Waals surface area contributed by atoms with Crippen LogP contribution in [0.1, 0.15) is 34.1 Å². The van der Waals surface area contributed by atoms with Gasteiger partial charge in [-0.1, -0.05) is 48.5 Å². The molecule has 0 N–H and O–H groups in total. The monoisotopic (exact) mass is 264 g/mol. The van der Waals surface area contributed by atoms with Crippen molar-refractivity contribution in [1.82, 2.24) is 0 Å². The van der Waals surface area contributed by atoms with Crippen LogP contribution < -0.4 is 0 Å². The highest BCUT2D eigenvalue weighted by molar-refractivity contribution is 5.67. The SMILES string of the molecule is O=C1O[C@@H]2C3c4ccccc4C(c4ccccc43)[C@@H]2O1. The molecule has 1 heterocycles. The summed E-state index contributed by atoms with van der Waals surface area (Å²) >= 11 is 0. The van der Waals surface area contributed by atoms with Gasteiger partial charge in [-0.25, -0.2) is 4.79 Å². The van der Waals surface area contributed by atoms with Crippen LogP contribution in [0, 0.1) is 0 Å². The predicted molar refractivity (Wildman–Crippen MR) is 71.7 cm³/mol. The minimum absolute atomic E-state index is 0.101.